The molecule has 184 valence electrons. The molecule has 0 bridgehead atoms. The van der Waals surface area contributed by atoms with Crippen molar-refractivity contribution in [1.29, 1.82) is 0 Å². The van der Waals surface area contributed by atoms with Crippen LogP contribution in [-0.4, -0.2) is 59.5 Å². The monoisotopic (exact) mass is 478 g/mol. The van der Waals surface area contributed by atoms with Crippen LogP contribution in [0.4, 0.5) is 27.8 Å². The number of amides is 1. The lowest BCUT2D eigenvalue weighted by Gasteiger charge is -2.39. The summed E-state index contributed by atoms with van der Waals surface area (Å²) in [4.78, 5) is 34.6. The number of rotatable bonds is 11. The standard InChI is InChI=1S/C21H27F5N4O3/c1-12(2)7-14(16(31)5-6-21(24,25)26)28-18(32)15-8-27-17(30-10-20(22,23)11-30)19(29-15)33-9-13-3-4-13/h8,12-14H,3-7,9-11H2,1-2H3,(H,28,32)/t14-/m0/s1. The number of carbonyl (C=O) groups is 2. The molecule has 1 saturated heterocycles. The lowest BCUT2D eigenvalue weighted by atomic mass is 9.97. The van der Waals surface area contributed by atoms with Crippen molar-refractivity contribution in [3.63, 3.8) is 0 Å². The number of hydrogen-bond donors (Lipinski definition) is 1. The second kappa shape index (κ2) is 9.76. The zero-order valence-corrected chi connectivity index (χ0v) is 18.4. The minimum atomic E-state index is -4.48. The van der Waals surface area contributed by atoms with Crippen LogP contribution >= 0.6 is 0 Å². The van der Waals surface area contributed by atoms with Gasteiger partial charge < -0.3 is 15.0 Å². The molecule has 1 aromatic rings. The van der Waals surface area contributed by atoms with E-state index >= 15 is 0 Å². The van der Waals surface area contributed by atoms with Crippen LogP contribution in [0.15, 0.2) is 6.20 Å². The second-order valence-electron chi connectivity index (χ2n) is 9.09. The molecular weight excluding hydrogens is 451 g/mol. The number of nitrogens with one attached hydrogen (secondary N) is 1. The number of carbonyl (C=O) groups excluding carboxylic acids is 2. The van der Waals surface area contributed by atoms with Crippen molar-refractivity contribution in [1.82, 2.24) is 15.3 Å². The van der Waals surface area contributed by atoms with E-state index in [-0.39, 0.29) is 29.7 Å². The summed E-state index contributed by atoms with van der Waals surface area (Å²) in [6, 6.07) is -1.12. The average Bonchev–Trinajstić information content (AvgIpc) is 3.51. The fraction of sp³-hybridized carbons (Fsp3) is 0.714. The first kappa shape index (κ1) is 25.1. The third-order valence-electron chi connectivity index (χ3n) is 5.31. The highest BCUT2D eigenvalue weighted by Crippen LogP contribution is 2.36. The van der Waals surface area contributed by atoms with Crippen LogP contribution in [0.5, 0.6) is 5.88 Å². The van der Waals surface area contributed by atoms with Crippen molar-refractivity contribution in [2.45, 2.75) is 64.1 Å². The molecule has 0 spiro atoms. The zero-order valence-electron chi connectivity index (χ0n) is 18.4. The Bertz CT molecular complexity index is 866. The normalized spacial score (nSPS) is 18.6. The van der Waals surface area contributed by atoms with E-state index in [2.05, 4.69) is 15.3 Å². The number of Topliss-reactive ketones (excluding diaryl/α,β-unsaturated/α-hetero) is 1. The SMILES string of the molecule is CC(C)C[C@H](NC(=O)c1cnc(N2CC(F)(F)C2)c(OCC2CC2)n1)C(=O)CCC(F)(F)F. The van der Waals surface area contributed by atoms with Crippen molar-refractivity contribution in [2.75, 3.05) is 24.6 Å². The Morgan fingerprint density at radius 2 is 1.94 bits per heavy atom. The van der Waals surface area contributed by atoms with E-state index in [9.17, 15) is 31.5 Å². The van der Waals surface area contributed by atoms with Gasteiger partial charge in [-0.3, -0.25) is 9.59 Å². The molecule has 1 saturated carbocycles. The fourth-order valence-electron chi connectivity index (χ4n) is 3.35. The number of ether oxygens (including phenoxy) is 1. The van der Waals surface area contributed by atoms with Crippen molar-refractivity contribution in [2.24, 2.45) is 11.8 Å². The highest BCUT2D eigenvalue weighted by Gasteiger charge is 2.46. The maximum atomic E-state index is 13.3. The first-order valence-corrected chi connectivity index (χ1v) is 10.9. The van der Waals surface area contributed by atoms with Crippen LogP contribution in [0.3, 0.4) is 0 Å². The summed E-state index contributed by atoms with van der Waals surface area (Å²) in [6.07, 6.45) is -3.32. The molecule has 1 amide bonds. The Balaban J connectivity index is 1.73. The highest BCUT2D eigenvalue weighted by molar-refractivity contribution is 5.96. The van der Waals surface area contributed by atoms with Gasteiger partial charge in [0.25, 0.3) is 17.7 Å². The van der Waals surface area contributed by atoms with Crippen LogP contribution in [0.25, 0.3) is 0 Å². The van der Waals surface area contributed by atoms with Gasteiger partial charge in [-0.25, -0.2) is 18.7 Å². The molecule has 0 unspecified atom stereocenters. The predicted octanol–water partition coefficient (Wildman–Crippen LogP) is 3.78. The number of alkyl halides is 5. The Kier molecular flexibility index (Phi) is 7.42. The quantitative estimate of drug-likeness (QED) is 0.488. The van der Waals surface area contributed by atoms with Crippen molar-refractivity contribution in [3.8, 4) is 5.88 Å². The summed E-state index contributed by atoms with van der Waals surface area (Å²) in [5.74, 6) is -4.07. The summed E-state index contributed by atoms with van der Waals surface area (Å²) in [5, 5.41) is 2.45. The van der Waals surface area contributed by atoms with E-state index in [1.807, 2.05) is 0 Å². The van der Waals surface area contributed by atoms with Crippen molar-refractivity contribution >= 4 is 17.5 Å². The second-order valence-corrected chi connectivity index (χ2v) is 9.09. The molecule has 2 heterocycles. The molecule has 1 aliphatic heterocycles. The van der Waals surface area contributed by atoms with E-state index < -0.39 is 55.8 Å². The molecule has 0 aromatic carbocycles. The predicted molar refractivity (Wildman–Crippen MR) is 108 cm³/mol. The lowest BCUT2D eigenvalue weighted by Crippen LogP contribution is -2.56. The molecule has 2 aliphatic rings. The van der Waals surface area contributed by atoms with Gasteiger partial charge >= 0.3 is 6.18 Å². The molecule has 12 heteroatoms. The molecule has 1 atom stereocenters. The topological polar surface area (TPSA) is 84.4 Å². The maximum absolute atomic E-state index is 13.3. The molecule has 1 N–H and O–H groups in total. The van der Waals surface area contributed by atoms with Crippen LogP contribution in [0, 0.1) is 11.8 Å². The molecule has 1 aliphatic carbocycles. The lowest BCUT2D eigenvalue weighted by molar-refractivity contribution is -0.144. The van der Waals surface area contributed by atoms with Gasteiger partial charge in [0.15, 0.2) is 17.3 Å². The van der Waals surface area contributed by atoms with E-state index in [1.165, 1.54) is 4.90 Å². The maximum Gasteiger partial charge on any atom is 0.389 e. The van der Waals surface area contributed by atoms with Crippen molar-refractivity contribution in [3.05, 3.63) is 11.9 Å². The molecular formula is C21H27F5N4O3. The number of ketones is 1. The number of halogens is 5. The van der Waals surface area contributed by atoms with Gasteiger partial charge in [-0.15, -0.1) is 0 Å². The van der Waals surface area contributed by atoms with E-state index in [0.717, 1.165) is 19.0 Å². The number of aromatic nitrogens is 2. The Labute approximate surface area is 188 Å². The minimum Gasteiger partial charge on any atom is -0.475 e. The van der Waals surface area contributed by atoms with E-state index in [4.69, 9.17) is 4.74 Å². The first-order chi connectivity index (χ1) is 15.3. The van der Waals surface area contributed by atoms with Gasteiger partial charge in [-0.05, 0) is 31.1 Å². The third-order valence-corrected chi connectivity index (χ3v) is 5.31. The Morgan fingerprint density at radius 3 is 2.48 bits per heavy atom. The van der Waals surface area contributed by atoms with Crippen LogP contribution in [-0.2, 0) is 4.79 Å². The third kappa shape index (κ3) is 7.50. The zero-order chi connectivity index (χ0) is 24.4. The van der Waals surface area contributed by atoms with Gasteiger partial charge in [0, 0.05) is 6.42 Å². The van der Waals surface area contributed by atoms with Gasteiger partial charge in [0.2, 0.25) is 0 Å². The average molecular weight is 478 g/mol. The smallest absolute Gasteiger partial charge is 0.389 e. The number of hydrogen-bond acceptors (Lipinski definition) is 6. The van der Waals surface area contributed by atoms with Crippen LogP contribution in [0.2, 0.25) is 0 Å². The van der Waals surface area contributed by atoms with Gasteiger partial charge in [-0.1, -0.05) is 13.8 Å². The van der Waals surface area contributed by atoms with E-state index in [0.29, 0.717) is 12.5 Å². The van der Waals surface area contributed by atoms with Gasteiger partial charge in [0.1, 0.15) is 0 Å². The van der Waals surface area contributed by atoms with Gasteiger partial charge in [-0.2, -0.15) is 13.2 Å². The van der Waals surface area contributed by atoms with Crippen LogP contribution < -0.4 is 15.0 Å². The molecule has 7 nitrogen and oxygen atoms in total. The largest absolute Gasteiger partial charge is 0.475 e. The summed E-state index contributed by atoms with van der Waals surface area (Å²) < 4.78 is 69.8. The van der Waals surface area contributed by atoms with Crippen molar-refractivity contribution < 1.29 is 36.3 Å². The number of anilines is 1. The molecule has 2 fully saturated rings. The molecule has 3 rings (SSSR count). The molecule has 1 aromatic heterocycles. The minimum absolute atomic E-state index is 0.0612. The fourth-order valence-corrected chi connectivity index (χ4v) is 3.35. The number of nitrogens with zero attached hydrogens (tertiary/aromatic N) is 3. The molecule has 33 heavy (non-hydrogen) atoms. The summed E-state index contributed by atoms with van der Waals surface area (Å²) >= 11 is 0. The summed E-state index contributed by atoms with van der Waals surface area (Å²) in [5.41, 5.74) is -0.214. The highest BCUT2D eigenvalue weighted by atomic mass is 19.4. The summed E-state index contributed by atoms with van der Waals surface area (Å²) in [7, 11) is 0. The van der Waals surface area contributed by atoms with Crippen LogP contribution in [0.1, 0.15) is 56.4 Å². The van der Waals surface area contributed by atoms with E-state index in [1.54, 1.807) is 13.8 Å². The molecule has 0 radical (unpaired) electrons. The Hall–Kier alpha value is -2.53. The summed E-state index contributed by atoms with van der Waals surface area (Å²) in [6.45, 7) is 2.77. The van der Waals surface area contributed by atoms with Gasteiger partial charge in [0.05, 0.1) is 38.4 Å². The first-order valence-electron chi connectivity index (χ1n) is 10.9. The Morgan fingerprint density at radius 1 is 1.27 bits per heavy atom.